The van der Waals surface area contributed by atoms with Gasteiger partial charge in [0.1, 0.15) is 0 Å². The topological polar surface area (TPSA) is 69.0 Å². The van der Waals surface area contributed by atoms with Crippen molar-refractivity contribution >= 4 is 34.1 Å². The molecule has 0 aliphatic heterocycles. The maximum absolute atomic E-state index is 11.9. The van der Waals surface area contributed by atoms with Gasteiger partial charge >= 0.3 is 0 Å². The van der Waals surface area contributed by atoms with Gasteiger partial charge in [-0.1, -0.05) is 48.5 Å². The number of H-pyrrole nitrogens is 1. The van der Waals surface area contributed by atoms with E-state index >= 15 is 0 Å². The molecule has 1 amide bonds. The molecule has 0 fully saturated rings. The van der Waals surface area contributed by atoms with Gasteiger partial charge in [0.15, 0.2) is 5.11 Å². The average molecular weight is 366 g/mol. The first kappa shape index (κ1) is 17.9. The van der Waals surface area contributed by atoms with Gasteiger partial charge in [0.25, 0.3) is 0 Å². The van der Waals surface area contributed by atoms with Crippen molar-refractivity contribution in [3.63, 3.8) is 0 Å². The fourth-order valence-corrected chi connectivity index (χ4v) is 2.91. The number of thiocarbonyl (C=S) groups is 1. The summed E-state index contributed by atoms with van der Waals surface area (Å²) < 4.78 is 0. The Hall–Kier alpha value is -2.86. The van der Waals surface area contributed by atoms with E-state index in [0.29, 0.717) is 18.1 Å². The quantitative estimate of drug-likeness (QED) is 0.399. The second-order valence-electron chi connectivity index (χ2n) is 6.05. The molecule has 5 nitrogen and oxygen atoms in total. The number of carbonyl (C=O) groups excluding carboxylic acids is 1. The zero-order valence-corrected chi connectivity index (χ0v) is 15.2. The third-order valence-electron chi connectivity index (χ3n) is 4.14. The van der Waals surface area contributed by atoms with Crippen molar-refractivity contribution in [3.8, 4) is 0 Å². The molecule has 1 aromatic heterocycles. The molecule has 0 spiro atoms. The molecule has 3 rings (SSSR count). The van der Waals surface area contributed by atoms with Gasteiger partial charge in [-0.25, -0.2) is 0 Å². The number of hydrogen-bond acceptors (Lipinski definition) is 2. The number of aromatic amines is 1. The second kappa shape index (κ2) is 9.01. The molecular formula is C20H22N4OS. The molecule has 0 bridgehead atoms. The largest absolute Gasteiger partial charge is 0.361 e. The van der Waals surface area contributed by atoms with Crippen molar-refractivity contribution < 1.29 is 4.79 Å². The fraction of sp³-hybridized carbons (Fsp3) is 0.200. The van der Waals surface area contributed by atoms with E-state index in [9.17, 15) is 4.79 Å². The standard InChI is InChI=1S/C20H22N4OS/c25-19(23-24-20(26)22-13-15-7-2-1-3-8-15)12-6-9-16-14-21-18-11-5-4-10-17(16)18/h1-5,7-8,10-11,14,21H,6,9,12-13H2,(H,23,25)(H2,22,24,26). The van der Waals surface area contributed by atoms with E-state index in [0.717, 1.165) is 23.9 Å². The van der Waals surface area contributed by atoms with Crippen molar-refractivity contribution in [2.75, 3.05) is 0 Å². The molecule has 0 saturated carbocycles. The highest BCUT2D eigenvalue weighted by molar-refractivity contribution is 7.80. The lowest BCUT2D eigenvalue weighted by Gasteiger charge is -2.11. The van der Waals surface area contributed by atoms with E-state index in [2.05, 4.69) is 33.3 Å². The molecule has 134 valence electrons. The Bertz CT molecular complexity index is 876. The molecule has 4 N–H and O–H groups in total. The number of aryl methyl sites for hydroxylation is 1. The van der Waals surface area contributed by atoms with Crippen LogP contribution in [0.15, 0.2) is 60.8 Å². The van der Waals surface area contributed by atoms with Gasteiger partial charge in [0.05, 0.1) is 0 Å². The van der Waals surface area contributed by atoms with Gasteiger partial charge in [0.2, 0.25) is 5.91 Å². The Labute approximate surface area is 158 Å². The second-order valence-corrected chi connectivity index (χ2v) is 6.46. The molecule has 26 heavy (non-hydrogen) atoms. The van der Waals surface area contributed by atoms with E-state index < -0.39 is 0 Å². The van der Waals surface area contributed by atoms with Crippen molar-refractivity contribution in [2.45, 2.75) is 25.8 Å². The lowest BCUT2D eigenvalue weighted by atomic mass is 10.1. The van der Waals surface area contributed by atoms with Crippen LogP contribution in [0.2, 0.25) is 0 Å². The van der Waals surface area contributed by atoms with Crippen LogP contribution in [0.5, 0.6) is 0 Å². The number of hydrazine groups is 1. The Balaban J connectivity index is 1.34. The molecule has 2 aromatic carbocycles. The number of fused-ring (bicyclic) bond motifs is 1. The maximum atomic E-state index is 11.9. The first-order chi connectivity index (χ1) is 12.7. The maximum Gasteiger partial charge on any atom is 0.238 e. The number of carbonyl (C=O) groups is 1. The van der Waals surface area contributed by atoms with E-state index in [-0.39, 0.29) is 5.91 Å². The molecule has 0 atom stereocenters. The van der Waals surface area contributed by atoms with Gasteiger partial charge in [0, 0.05) is 30.1 Å². The highest BCUT2D eigenvalue weighted by Gasteiger charge is 2.06. The van der Waals surface area contributed by atoms with E-state index in [1.165, 1.54) is 10.9 Å². The van der Waals surface area contributed by atoms with Crippen molar-refractivity contribution in [2.24, 2.45) is 0 Å². The molecule has 0 radical (unpaired) electrons. The summed E-state index contributed by atoms with van der Waals surface area (Å²) in [6, 6.07) is 18.1. The lowest BCUT2D eigenvalue weighted by molar-refractivity contribution is -0.121. The van der Waals surface area contributed by atoms with Crippen LogP contribution in [0.25, 0.3) is 10.9 Å². The normalized spacial score (nSPS) is 10.5. The van der Waals surface area contributed by atoms with Gasteiger partial charge in [-0.05, 0) is 42.3 Å². The zero-order chi connectivity index (χ0) is 18.2. The molecule has 0 saturated heterocycles. The summed E-state index contributed by atoms with van der Waals surface area (Å²) in [4.78, 5) is 15.2. The number of amides is 1. The first-order valence-corrected chi connectivity index (χ1v) is 9.05. The summed E-state index contributed by atoms with van der Waals surface area (Å²) in [5.41, 5.74) is 8.87. The van der Waals surface area contributed by atoms with Crippen molar-refractivity contribution in [1.82, 2.24) is 21.2 Å². The van der Waals surface area contributed by atoms with Crippen LogP contribution in [0.1, 0.15) is 24.0 Å². The van der Waals surface area contributed by atoms with Crippen LogP contribution in [-0.4, -0.2) is 16.0 Å². The first-order valence-electron chi connectivity index (χ1n) is 8.64. The van der Waals surface area contributed by atoms with Crippen LogP contribution in [-0.2, 0) is 17.8 Å². The monoisotopic (exact) mass is 366 g/mol. The van der Waals surface area contributed by atoms with Crippen LogP contribution in [0.3, 0.4) is 0 Å². The summed E-state index contributed by atoms with van der Waals surface area (Å²) in [5.74, 6) is -0.0753. The van der Waals surface area contributed by atoms with Gasteiger partial charge in [-0.3, -0.25) is 15.6 Å². The minimum absolute atomic E-state index is 0.0753. The number of nitrogens with one attached hydrogen (secondary N) is 4. The summed E-state index contributed by atoms with van der Waals surface area (Å²) >= 11 is 5.16. The van der Waals surface area contributed by atoms with Gasteiger partial charge < -0.3 is 10.3 Å². The van der Waals surface area contributed by atoms with Crippen LogP contribution < -0.4 is 16.2 Å². The third kappa shape index (κ3) is 5.07. The number of benzene rings is 2. The number of para-hydroxylation sites is 1. The lowest BCUT2D eigenvalue weighted by Crippen LogP contribution is -2.46. The number of aromatic nitrogens is 1. The van der Waals surface area contributed by atoms with Crippen LogP contribution in [0.4, 0.5) is 0 Å². The molecule has 6 heteroatoms. The Morgan fingerprint density at radius 2 is 1.77 bits per heavy atom. The highest BCUT2D eigenvalue weighted by atomic mass is 32.1. The van der Waals surface area contributed by atoms with E-state index in [1.54, 1.807) is 0 Å². The number of rotatable bonds is 6. The highest BCUT2D eigenvalue weighted by Crippen LogP contribution is 2.19. The Morgan fingerprint density at radius 3 is 2.62 bits per heavy atom. The van der Waals surface area contributed by atoms with Gasteiger partial charge in [-0.15, -0.1) is 0 Å². The SMILES string of the molecule is O=C(CCCc1c[nH]c2ccccc12)NNC(=S)NCc1ccccc1. The molecule has 0 unspecified atom stereocenters. The van der Waals surface area contributed by atoms with E-state index in [1.807, 2.05) is 48.7 Å². The minimum Gasteiger partial charge on any atom is -0.361 e. The smallest absolute Gasteiger partial charge is 0.238 e. The summed E-state index contributed by atoms with van der Waals surface area (Å²) in [5, 5.41) is 4.68. The minimum atomic E-state index is -0.0753. The summed E-state index contributed by atoms with van der Waals surface area (Å²) in [6.45, 7) is 0.614. The zero-order valence-electron chi connectivity index (χ0n) is 14.4. The summed E-state index contributed by atoms with van der Waals surface area (Å²) in [6.07, 6.45) is 4.09. The van der Waals surface area contributed by atoms with Crippen LogP contribution in [0, 0.1) is 0 Å². The molecule has 0 aliphatic carbocycles. The molecule has 0 aliphatic rings. The van der Waals surface area contributed by atoms with E-state index in [4.69, 9.17) is 12.2 Å². The van der Waals surface area contributed by atoms with Gasteiger partial charge in [-0.2, -0.15) is 0 Å². The Morgan fingerprint density at radius 1 is 1.00 bits per heavy atom. The molecule has 3 aromatic rings. The van der Waals surface area contributed by atoms with Crippen LogP contribution >= 0.6 is 12.2 Å². The number of hydrogen-bond donors (Lipinski definition) is 4. The predicted octanol–water partition coefficient (Wildman–Crippen LogP) is 3.19. The summed E-state index contributed by atoms with van der Waals surface area (Å²) in [7, 11) is 0. The van der Waals surface area contributed by atoms with Crippen molar-refractivity contribution in [3.05, 3.63) is 71.9 Å². The third-order valence-corrected chi connectivity index (χ3v) is 4.38. The fourth-order valence-electron chi connectivity index (χ4n) is 2.79. The Kier molecular flexibility index (Phi) is 6.22. The van der Waals surface area contributed by atoms with Crippen molar-refractivity contribution in [1.29, 1.82) is 0 Å². The predicted molar refractivity (Wildman–Crippen MR) is 108 cm³/mol. The molecule has 1 heterocycles. The average Bonchev–Trinajstić information content (AvgIpc) is 3.09. The molecular weight excluding hydrogens is 344 g/mol.